The van der Waals surface area contributed by atoms with E-state index < -0.39 is 0 Å². The molecule has 2 rings (SSSR count). The Hall–Kier alpha value is -1.06. The number of amides is 1. The van der Waals surface area contributed by atoms with Crippen LogP contribution in [0.1, 0.15) is 36.8 Å². The van der Waals surface area contributed by atoms with E-state index in [9.17, 15) is 4.79 Å². The Labute approximate surface area is 121 Å². The summed E-state index contributed by atoms with van der Waals surface area (Å²) in [6, 6.07) is 8.43. The molecular formula is C15H23ClN2O. The quantitative estimate of drug-likeness (QED) is 0.892. The van der Waals surface area contributed by atoms with E-state index in [1.807, 2.05) is 12.1 Å². The number of hydrogen-bond acceptors (Lipinski definition) is 2. The van der Waals surface area contributed by atoms with E-state index in [4.69, 9.17) is 5.73 Å². The van der Waals surface area contributed by atoms with Gasteiger partial charge in [-0.15, -0.1) is 12.4 Å². The maximum absolute atomic E-state index is 11.8. The maximum Gasteiger partial charge on any atom is 0.220 e. The fourth-order valence-corrected chi connectivity index (χ4v) is 2.65. The summed E-state index contributed by atoms with van der Waals surface area (Å²) in [5.74, 6) is 0.501. The monoisotopic (exact) mass is 282 g/mol. The van der Waals surface area contributed by atoms with Crippen molar-refractivity contribution in [3.8, 4) is 0 Å². The summed E-state index contributed by atoms with van der Waals surface area (Å²) in [4.78, 5) is 11.8. The molecule has 1 aromatic carbocycles. The van der Waals surface area contributed by atoms with E-state index in [0.29, 0.717) is 18.9 Å². The van der Waals surface area contributed by atoms with Gasteiger partial charge in [0, 0.05) is 19.0 Å². The average molecular weight is 283 g/mol. The van der Waals surface area contributed by atoms with Gasteiger partial charge in [0.15, 0.2) is 0 Å². The minimum absolute atomic E-state index is 0. The molecule has 0 saturated heterocycles. The average Bonchev–Trinajstić information content (AvgIpc) is 2.73. The fourth-order valence-electron chi connectivity index (χ4n) is 2.65. The highest BCUT2D eigenvalue weighted by Crippen LogP contribution is 2.26. The SMILES string of the molecule is Cc1cccc(CNC(=O)C[C@@H]2CCC[C@H]2N)c1.Cl. The topological polar surface area (TPSA) is 55.1 Å². The molecule has 3 nitrogen and oxygen atoms in total. The predicted octanol–water partition coefficient (Wildman–Crippen LogP) is 2.55. The van der Waals surface area contributed by atoms with Crippen LogP contribution in [0.25, 0.3) is 0 Å². The van der Waals surface area contributed by atoms with Crippen LogP contribution in [0.4, 0.5) is 0 Å². The highest BCUT2D eigenvalue weighted by atomic mass is 35.5. The van der Waals surface area contributed by atoms with Crippen LogP contribution in [0.3, 0.4) is 0 Å². The molecule has 106 valence electrons. The third kappa shape index (κ3) is 4.84. The zero-order chi connectivity index (χ0) is 13.0. The molecule has 2 atom stereocenters. The molecule has 1 aliphatic rings. The third-order valence-electron chi connectivity index (χ3n) is 3.74. The van der Waals surface area contributed by atoms with Crippen molar-refractivity contribution in [3.05, 3.63) is 35.4 Å². The van der Waals surface area contributed by atoms with Crippen LogP contribution in [0, 0.1) is 12.8 Å². The van der Waals surface area contributed by atoms with E-state index in [2.05, 4.69) is 24.4 Å². The van der Waals surface area contributed by atoms with E-state index in [0.717, 1.165) is 24.8 Å². The van der Waals surface area contributed by atoms with Gasteiger partial charge >= 0.3 is 0 Å². The van der Waals surface area contributed by atoms with Crippen LogP contribution in [0.15, 0.2) is 24.3 Å². The molecule has 4 heteroatoms. The molecule has 0 aliphatic heterocycles. The van der Waals surface area contributed by atoms with Gasteiger partial charge in [-0.1, -0.05) is 36.2 Å². The van der Waals surface area contributed by atoms with Crippen molar-refractivity contribution in [3.63, 3.8) is 0 Å². The fraction of sp³-hybridized carbons (Fsp3) is 0.533. The predicted molar refractivity (Wildman–Crippen MR) is 80.2 cm³/mol. The van der Waals surface area contributed by atoms with Gasteiger partial charge in [-0.2, -0.15) is 0 Å². The van der Waals surface area contributed by atoms with Crippen LogP contribution < -0.4 is 11.1 Å². The minimum atomic E-state index is 0. The number of hydrogen-bond donors (Lipinski definition) is 2. The first-order valence-corrected chi connectivity index (χ1v) is 6.73. The van der Waals surface area contributed by atoms with Crippen LogP contribution >= 0.6 is 12.4 Å². The number of halogens is 1. The summed E-state index contributed by atoms with van der Waals surface area (Å²) >= 11 is 0. The van der Waals surface area contributed by atoms with Gasteiger partial charge in [0.2, 0.25) is 5.91 Å². The summed E-state index contributed by atoms with van der Waals surface area (Å²) in [6.45, 7) is 2.67. The van der Waals surface area contributed by atoms with Gasteiger partial charge in [-0.05, 0) is 31.2 Å². The molecule has 1 saturated carbocycles. The Balaban J connectivity index is 0.00000180. The highest BCUT2D eigenvalue weighted by Gasteiger charge is 2.25. The van der Waals surface area contributed by atoms with Crippen molar-refractivity contribution >= 4 is 18.3 Å². The highest BCUT2D eigenvalue weighted by molar-refractivity contribution is 5.85. The normalized spacial score (nSPS) is 21.8. The van der Waals surface area contributed by atoms with Crippen molar-refractivity contribution in [2.24, 2.45) is 11.7 Å². The lowest BCUT2D eigenvalue weighted by molar-refractivity contribution is -0.122. The standard InChI is InChI=1S/C15H22N2O.ClH/c1-11-4-2-5-12(8-11)10-17-15(18)9-13-6-3-7-14(13)16;/h2,4-5,8,13-14H,3,6-7,9-10,16H2,1H3,(H,17,18);1H/t13-,14+;/m0./s1. The van der Waals surface area contributed by atoms with Gasteiger partial charge in [0.1, 0.15) is 0 Å². The molecule has 1 aromatic rings. The summed E-state index contributed by atoms with van der Waals surface area (Å²) in [5, 5.41) is 2.98. The zero-order valence-electron chi connectivity index (χ0n) is 11.4. The van der Waals surface area contributed by atoms with Gasteiger partial charge in [0.05, 0.1) is 0 Å². The number of rotatable bonds is 4. The lowest BCUT2D eigenvalue weighted by Crippen LogP contribution is -2.31. The molecule has 1 amide bonds. The third-order valence-corrected chi connectivity index (χ3v) is 3.74. The number of nitrogens with two attached hydrogens (primary N) is 1. The second-order valence-electron chi connectivity index (χ2n) is 5.32. The molecule has 0 spiro atoms. The Kier molecular flexibility index (Phi) is 6.32. The second kappa shape index (κ2) is 7.51. The molecule has 0 unspecified atom stereocenters. The van der Waals surface area contributed by atoms with Crippen LogP contribution in [0.2, 0.25) is 0 Å². The number of benzene rings is 1. The Morgan fingerprint density at radius 3 is 2.84 bits per heavy atom. The van der Waals surface area contributed by atoms with E-state index >= 15 is 0 Å². The van der Waals surface area contributed by atoms with E-state index in [-0.39, 0.29) is 24.4 Å². The molecule has 19 heavy (non-hydrogen) atoms. The molecule has 0 radical (unpaired) electrons. The second-order valence-corrected chi connectivity index (χ2v) is 5.32. The Morgan fingerprint density at radius 1 is 1.42 bits per heavy atom. The maximum atomic E-state index is 11.8. The lowest BCUT2D eigenvalue weighted by atomic mass is 10.00. The van der Waals surface area contributed by atoms with Gasteiger partial charge in [-0.25, -0.2) is 0 Å². The van der Waals surface area contributed by atoms with Crippen LogP contribution in [-0.4, -0.2) is 11.9 Å². The first-order valence-electron chi connectivity index (χ1n) is 6.73. The molecule has 0 heterocycles. The van der Waals surface area contributed by atoms with Crippen molar-refractivity contribution in [1.82, 2.24) is 5.32 Å². The molecule has 1 aliphatic carbocycles. The largest absolute Gasteiger partial charge is 0.352 e. The molecule has 0 bridgehead atoms. The summed E-state index contributed by atoms with van der Waals surface area (Å²) in [7, 11) is 0. The van der Waals surface area contributed by atoms with Crippen molar-refractivity contribution in [2.75, 3.05) is 0 Å². The summed E-state index contributed by atoms with van der Waals surface area (Å²) < 4.78 is 0. The molecule has 3 N–H and O–H groups in total. The number of aryl methyl sites for hydroxylation is 1. The molecular weight excluding hydrogens is 260 g/mol. The van der Waals surface area contributed by atoms with Gasteiger partial charge in [-0.3, -0.25) is 4.79 Å². The lowest BCUT2D eigenvalue weighted by Gasteiger charge is -2.14. The van der Waals surface area contributed by atoms with Crippen LogP contribution in [0.5, 0.6) is 0 Å². The van der Waals surface area contributed by atoms with E-state index in [1.54, 1.807) is 0 Å². The zero-order valence-corrected chi connectivity index (χ0v) is 12.2. The smallest absolute Gasteiger partial charge is 0.220 e. The number of nitrogens with one attached hydrogen (secondary N) is 1. The first kappa shape index (κ1) is 16.0. The number of carbonyl (C=O) groups excluding carboxylic acids is 1. The Morgan fingerprint density at radius 2 is 2.21 bits per heavy atom. The van der Waals surface area contributed by atoms with Crippen LogP contribution in [-0.2, 0) is 11.3 Å². The molecule has 1 fully saturated rings. The first-order chi connectivity index (χ1) is 8.65. The minimum Gasteiger partial charge on any atom is -0.352 e. The van der Waals surface area contributed by atoms with E-state index in [1.165, 1.54) is 5.56 Å². The number of carbonyl (C=O) groups is 1. The van der Waals surface area contributed by atoms with Crippen molar-refractivity contribution in [2.45, 2.75) is 45.2 Å². The van der Waals surface area contributed by atoms with Gasteiger partial charge in [0.25, 0.3) is 0 Å². The van der Waals surface area contributed by atoms with Crippen molar-refractivity contribution in [1.29, 1.82) is 0 Å². The van der Waals surface area contributed by atoms with Gasteiger partial charge < -0.3 is 11.1 Å². The molecule has 0 aromatic heterocycles. The summed E-state index contributed by atoms with van der Waals surface area (Å²) in [6.07, 6.45) is 3.90. The van der Waals surface area contributed by atoms with Crippen molar-refractivity contribution < 1.29 is 4.79 Å². The Bertz CT molecular complexity index is 422. The summed E-state index contributed by atoms with van der Waals surface area (Å²) in [5.41, 5.74) is 8.35.